The molecule has 0 aromatic rings. The quantitative estimate of drug-likeness (QED) is 0.380. The molecule has 35 heavy (non-hydrogen) atoms. The van der Waals surface area contributed by atoms with Crippen molar-refractivity contribution in [3.05, 3.63) is 0 Å². The zero-order chi connectivity index (χ0) is 26.2. The molecule has 0 bridgehead atoms. The molecule has 10 atom stereocenters. The smallest absolute Gasteiger partial charge is 0.381 e. The summed E-state index contributed by atoms with van der Waals surface area (Å²) in [6, 6.07) is 0. The van der Waals surface area contributed by atoms with Crippen molar-refractivity contribution in [2.24, 2.45) is 46.3 Å². The van der Waals surface area contributed by atoms with E-state index < -0.39 is 23.6 Å². The fourth-order valence-electron chi connectivity index (χ4n) is 9.33. The zero-order valence-electron chi connectivity index (χ0n) is 21.4. The summed E-state index contributed by atoms with van der Waals surface area (Å²) in [4.78, 5) is 0. The van der Waals surface area contributed by atoms with Crippen LogP contribution in [0.1, 0.15) is 98.3 Å². The standard InChI is InChI=1S/C27H42F6O2/c1-16(9-12-24(4,34)26(28,29)30)19-7-8-20-18-6-5-17-15-25(35,27(31,32)33)14-13-22(17,2)21(18)10-11-23(19,20)3/h16-21,34-35H,5-15H2,1-4H3/t16-,17+,18+,19-,20+,21+,22+,23-,24+,25+/m1/s1. The minimum atomic E-state index is -4.64. The molecule has 2 nitrogen and oxygen atoms in total. The van der Waals surface area contributed by atoms with Gasteiger partial charge in [-0.25, -0.2) is 0 Å². The van der Waals surface area contributed by atoms with Gasteiger partial charge in [0, 0.05) is 0 Å². The van der Waals surface area contributed by atoms with Gasteiger partial charge in [-0.3, -0.25) is 0 Å². The normalized spacial score (nSPS) is 46.8. The molecule has 4 aliphatic carbocycles. The molecule has 0 saturated heterocycles. The molecule has 8 heteroatoms. The van der Waals surface area contributed by atoms with E-state index in [0.717, 1.165) is 39.0 Å². The summed E-state index contributed by atoms with van der Waals surface area (Å²) in [5.41, 5.74) is -5.42. The lowest BCUT2D eigenvalue weighted by molar-refractivity contribution is -0.290. The Morgan fingerprint density at radius 1 is 0.857 bits per heavy atom. The average molecular weight is 513 g/mol. The summed E-state index contributed by atoms with van der Waals surface area (Å²) in [5, 5.41) is 20.3. The van der Waals surface area contributed by atoms with Crippen LogP contribution in [0.15, 0.2) is 0 Å². The van der Waals surface area contributed by atoms with Gasteiger partial charge in [0.05, 0.1) is 0 Å². The van der Waals surface area contributed by atoms with Crippen LogP contribution in [0.3, 0.4) is 0 Å². The zero-order valence-corrected chi connectivity index (χ0v) is 21.4. The summed E-state index contributed by atoms with van der Waals surface area (Å²) >= 11 is 0. The van der Waals surface area contributed by atoms with Crippen molar-refractivity contribution in [3.63, 3.8) is 0 Å². The van der Waals surface area contributed by atoms with Crippen LogP contribution in [0.5, 0.6) is 0 Å². The maximum atomic E-state index is 13.6. The van der Waals surface area contributed by atoms with Gasteiger partial charge in [0.15, 0.2) is 11.2 Å². The second-order valence-corrected chi connectivity index (χ2v) is 13.4. The Bertz CT molecular complexity index is 794. The molecule has 0 amide bonds. The summed E-state index contributed by atoms with van der Waals surface area (Å²) in [7, 11) is 0. The minimum absolute atomic E-state index is 0.0231. The second kappa shape index (κ2) is 8.51. The van der Waals surface area contributed by atoms with Gasteiger partial charge in [0.1, 0.15) is 0 Å². The summed E-state index contributed by atoms with van der Waals surface area (Å²) in [5.74, 6) is 1.45. The molecular formula is C27H42F6O2. The lowest BCUT2D eigenvalue weighted by Gasteiger charge is -2.62. The van der Waals surface area contributed by atoms with Crippen LogP contribution in [-0.4, -0.2) is 33.8 Å². The van der Waals surface area contributed by atoms with Crippen molar-refractivity contribution >= 4 is 0 Å². The Hall–Kier alpha value is -0.500. The van der Waals surface area contributed by atoms with Gasteiger partial charge in [-0.05, 0) is 124 Å². The van der Waals surface area contributed by atoms with Gasteiger partial charge in [-0.1, -0.05) is 20.8 Å². The molecule has 4 saturated carbocycles. The molecule has 0 radical (unpaired) electrons. The molecule has 0 aliphatic heterocycles. The number of halogens is 6. The number of fused-ring (bicyclic) bond motifs is 5. The second-order valence-electron chi connectivity index (χ2n) is 13.4. The first-order valence-electron chi connectivity index (χ1n) is 13.4. The first kappa shape index (κ1) is 27.5. The van der Waals surface area contributed by atoms with E-state index in [4.69, 9.17) is 0 Å². The van der Waals surface area contributed by atoms with Gasteiger partial charge in [-0.2, -0.15) is 26.3 Å². The molecule has 0 aromatic carbocycles. The van der Waals surface area contributed by atoms with Gasteiger partial charge in [0.25, 0.3) is 0 Å². The molecule has 4 fully saturated rings. The van der Waals surface area contributed by atoms with E-state index in [1.807, 2.05) is 6.92 Å². The largest absolute Gasteiger partial charge is 0.417 e. The Morgan fingerprint density at radius 2 is 1.49 bits per heavy atom. The molecule has 0 heterocycles. The van der Waals surface area contributed by atoms with Crippen LogP contribution in [0.4, 0.5) is 26.3 Å². The topological polar surface area (TPSA) is 40.5 Å². The third kappa shape index (κ3) is 4.34. The fourth-order valence-corrected chi connectivity index (χ4v) is 9.33. The molecule has 0 unspecified atom stereocenters. The van der Waals surface area contributed by atoms with Crippen LogP contribution in [-0.2, 0) is 0 Å². The summed E-state index contributed by atoms with van der Waals surface area (Å²) < 4.78 is 80.1. The van der Waals surface area contributed by atoms with Gasteiger partial charge in [-0.15, -0.1) is 0 Å². The van der Waals surface area contributed by atoms with E-state index in [0.29, 0.717) is 42.9 Å². The van der Waals surface area contributed by atoms with Gasteiger partial charge >= 0.3 is 12.4 Å². The van der Waals surface area contributed by atoms with Crippen LogP contribution in [0.25, 0.3) is 0 Å². The Morgan fingerprint density at radius 3 is 2.09 bits per heavy atom. The Kier molecular flexibility index (Phi) is 6.69. The van der Waals surface area contributed by atoms with Crippen molar-refractivity contribution in [3.8, 4) is 0 Å². The molecule has 2 N–H and O–H groups in total. The third-order valence-electron chi connectivity index (χ3n) is 11.7. The third-order valence-corrected chi connectivity index (χ3v) is 11.7. The first-order valence-corrected chi connectivity index (χ1v) is 13.4. The van der Waals surface area contributed by atoms with E-state index in [-0.39, 0.29) is 41.9 Å². The lowest BCUT2D eigenvalue weighted by atomic mass is 9.43. The number of aliphatic hydroxyl groups is 2. The van der Waals surface area contributed by atoms with E-state index >= 15 is 0 Å². The summed E-state index contributed by atoms with van der Waals surface area (Å²) in [6.45, 7) is 7.32. The molecule has 4 rings (SSSR count). The first-order chi connectivity index (χ1) is 15.9. The molecule has 4 aliphatic rings. The highest BCUT2D eigenvalue weighted by molar-refractivity contribution is 5.11. The van der Waals surface area contributed by atoms with Crippen LogP contribution >= 0.6 is 0 Å². The summed E-state index contributed by atoms with van der Waals surface area (Å²) in [6.07, 6.45) is -3.78. The van der Waals surface area contributed by atoms with E-state index in [1.54, 1.807) is 0 Å². The van der Waals surface area contributed by atoms with Crippen molar-refractivity contribution in [1.82, 2.24) is 0 Å². The highest BCUT2D eigenvalue weighted by atomic mass is 19.4. The van der Waals surface area contributed by atoms with Crippen LogP contribution in [0.2, 0.25) is 0 Å². The van der Waals surface area contributed by atoms with E-state index in [1.165, 1.54) is 0 Å². The number of alkyl halides is 6. The molecule has 204 valence electrons. The monoisotopic (exact) mass is 512 g/mol. The molecule has 0 spiro atoms. The van der Waals surface area contributed by atoms with Gasteiger partial charge < -0.3 is 10.2 Å². The minimum Gasteiger partial charge on any atom is -0.381 e. The lowest BCUT2D eigenvalue weighted by Crippen LogP contribution is -2.59. The van der Waals surface area contributed by atoms with Crippen LogP contribution in [0, 0.1) is 46.3 Å². The van der Waals surface area contributed by atoms with Gasteiger partial charge in [0.2, 0.25) is 0 Å². The van der Waals surface area contributed by atoms with Crippen molar-refractivity contribution in [2.75, 3.05) is 0 Å². The predicted octanol–water partition coefficient (Wildman–Crippen LogP) is 7.67. The maximum Gasteiger partial charge on any atom is 0.417 e. The molecule has 0 aromatic heterocycles. The van der Waals surface area contributed by atoms with Crippen molar-refractivity contribution in [1.29, 1.82) is 0 Å². The van der Waals surface area contributed by atoms with Crippen molar-refractivity contribution in [2.45, 2.75) is 122 Å². The highest BCUT2D eigenvalue weighted by Gasteiger charge is 2.65. The van der Waals surface area contributed by atoms with Crippen molar-refractivity contribution < 1.29 is 36.6 Å². The number of rotatable bonds is 4. The van der Waals surface area contributed by atoms with Crippen LogP contribution < -0.4 is 0 Å². The highest BCUT2D eigenvalue weighted by Crippen LogP contribution is 2.69. The molecular weight excluding hydrogens is 470 g/mol. The average Bonchev–Trinajstić information content (AvgIpc) is 3.08. The fraction of sp³-hybridized carbons (Fsp3) is 1.00. The number of hydrogen-bond acceptors (Lipinski definition) is 2. The Balaban J connectivity index is 1.47. The SMILES string of the molecule is C[C@H](CC[C@](C)(O)C(F)(F)F)[C@H]1CC[C@H]2[C@@H]3CC[C@H]4C[C@](O)(C(F)(F)F)CC[C@]4(C)[C@H]3CC[C@]12C. The predicted molar refractivity (Wildman–Crippen MR) is 121 cm³/mol. The van der Waals surface area contributed by atoms with E-state index in [9.17, 15) is 36.6 Å². The maximum absolute atomic E-state index is 13.6. The van der Waals surface area contributed by atoms with E-state index in [2.05, 4.69) is 13.8 Å². The Labute approximate surface area is 205 Å². The number of hydrogen-bond donors (Lipinski definition) is 2.